The fraction of sp³-hybridized carbons (Fsp3) is 0.455. The minimum atomic E-state index is -0.439. The smallest absolute Gasteiger partial charge is 0.0900 e. The predicted molar refractivity (Wildman–Crippen MR) is 105 cm³/mol. The van der Waals surface area contributed by atoms with E-state index >= 15 is 0 Å². The van der Waals surface area contributed by atoms with Crippen molar-refractivity contribution in [3.63, 3.8) is 0 Å². The molecule has 0 spiro atoms. The van der Waals surface area contributed by atoms with Gasteiger partial charge in [0.25, 0.3) is 0 Å². The van der Waals surface area contributed by atoms with Crippen LogP contribution in [-0.2, 0) is 4.74 Å². The molecule has 1 atom stereocenters. The zero-order valence-corrected chi connectivity index (χ0v) is 15.6. The molecule has 2 aromatic rings. The molecular weight excluding hydrogens is 324 g/mol. The van der Waals surface area contributed by atoms with Crippen molar-refractivity contribution in [3.8, 4) is 0 Å². The Balaban J connectivity index is 1.52. The Morgan fingerprint density at radius 2 is 1.38 bits per heavy atom. The summed E-state index contributed by atoms with van der Waals surface area (Å²) in [5, 5.41) is 10.3. The number of aliphatic hydroxyl groups excluding tert-OH is 1. The maximum absolute atomic E-state index is 10.3. The third-order valence-electron chi connectivity index (χ3n) is 5.06. The summed E-state index contributed by atoms with van der Waals surface area (Å²) in [6.45, 7) is 5.81. The Labute approximate surface area is 157 Å². The molecule has 1 aliphatic rings. The van der Waals surface area contributed by atoms with Crippen LogP contribution >= 0.6 is 0 Å². The van der Waals surface area contributed by atoms with E-state index < -0.39 is 6.10 Å². The molecule has 1 N–H and O–H groups in total. The van der Waals surface area contributed by atoms with Crippen molar-refractivity contribution >= 4 is 0 Å². The van der Waals surface area contributed by atoms with Crippen LogP contribution in [0.3, 0.4) is 0 Å². The van der Waals surface area contributed by atoms with Gasteiger partial charge in [0.05, 0.1) is 19.3 Å². The molecule has 0 amide bonds. The molecule has 1 saturated heterocycles. The number of hydrogen-bond donors (Lipinski definition) is 1. The molecule has 2 aromatic carbocycles. The zero-order chi connectivity index (χ0) is 18.2. The molecule has 26 heavy (non-hydrogen) atoms. The van der Waals surface area contributed by atoms with Crippen molar-refractivity contribution in [1.29, 1.82) is 0 Å². The van der Waals surface area contributed by atoms with Crippen LogP contribution in [0.15, 0.2) is 60.7 Å². The van der Waals surface area contributed by atoms with E-state index in [-0.39, 0.29) is 5.92 Å². The predicted octanol–water partition coefficient (Wildman–Crippen LogP) is 2.44. The third-order valence-corrected chi connectivity index (χ3v) is 5.06. The van der Waals surface area contributed by atoms with Gasteiger partial charge in [-0.2, -0.15) is 0 Å². The van der Waals surface area contributed by atoms with Gasteiger partial charge in [0.2, 0.25) is 0 Å². The minimum Gasteiger partial charge on any atom is -0.389 e. The summed E-state index contributed by atoms with van der Waals surface area (Å²) in [5.74, 6) is 0.188. The van der Waals surface area contributed by atoms with E-state index in [0.29, 0.717) is 19.8 Å². The Bertz CT molecular complexity index is 588. The van der Waals surface area contributed by atoms with Gasteiger partial charge >= 0.3 is 0 Å². The zero-order valence-electron chi connectivity index (χ0n) is 15.6. The largest absolute Gasteiger partial charge is 0.389 e. The molecule has 3 rings (SSSR count). The average Bonchev–Trinajstić information content (AvgIpc) is 2.68. The van der Waals surface area contributed by atoms with Crippen molar-refractivity contribution < 1.29 is 9.84 Å². The lowest BCUT2D eigenvalue weighted by molar-refractivity contribution is 0.00696. The van der Waals surface area contributed by atoms with Crippen LogP contribution in [-0.4, -0.2) is 74.0 Å². The summed E-state index contributed by atoms with van der Waals surface area (Å²) in [4.78, 5) is 4.64. The summed E-state index contributed by atoms with van der Waals surface area (Å²) in [6.07, 6.45) is -0.439. The Morgan fingerprint density at radius 3 is 1.92 bits per heavy atom. The van der Waals surface area contributed by atoms with Gasteiger partial charge in [-0.15, -0.1) is 0 Å². The molecule has 1 fully saturated rings. The Hall–Kier alpha value is -1.72. The van der Waals surface area contributed by atoms with Gasteiger partial charge in [-0.25, -0.2) is 0 Å². The van der Waals surface area contributed by atoms with Crippen LogP contribution in [0.1, 0.15) is 17.0 Å². The molecule has 1 heterocycles. The highest BCUT2D eigenvalue weighted by atomic mass is 16.5. The Morgan fingerprint density at radius 1 is 0.846 bits per heavy atom. The molecule has 0 aromatic heterocycles. The van der Waals surface area contributed by atoms with E-state index in [1.165, 1.54) is 11.1 Å². The maximum Gasteiger partial charge on any atom is 0.0900 e. The van der Waals surface area contributed by atoms with Gasteiger partial charge in [0.15, 0.2) is 0 Å². The second kappa shape index (κ2) is 9.83. The van der Waals surface area contributed by atoms with Crippen molar-refractivity contribution in [3.05, 3.63) is 71.8 Å². The number of hydrogen-bond acceptors (Lipinski definition) is 4. The summed E-state index contributed by atoms with van der Waals surface area (Å²) >= 11 is 0. The van der Waals surface area contributed by atoms with Gasteiger partial charge in [0, 0.05) is 38.6 Å². The number of β-amino-alcohol motifs (C(OH)–C–C–N with tert-alkyl or cyclic N) is 1. The first-order valence-electron chi connectivity index (χ1n) is 9.49. The topological polar surface area (TPSA) is 35.9 Å². The van der Waals surface area contributed by atoms with E-state index in [1.807, 2.05) is 12.1 Å². The monoisotopic (exact) mass is 354 g/mol. The first-order chi connectivity index (χ1) is 12.7. The average molecular weight is 354 g/mol. The van der Waals surface area contributed by atoms with E-state index in [0.717, 1.165) is 26.2 Å². The fourth-order valence-electron chi connectivity index (χ4n) is 3.46. The molecular formula is C22H30N2O2. The van der Waals surface area contributed by atoms with Crippen molar-refractivity contribution in [1.82, 2.24) is 9.80 Å². The summed E-state index contributed by atoms with van der Waals surface area (Å²) in [7, 11) is 2.14. The van der Waals surface area contributed by atoms with E-state index in [9.17, 15) is 5.11 Å². The number of piperazine rings is 1. The second-order valence-electron chi connectivity index (χ2n) is 7.17. The highest BCUT2D eigenvalue weighted by Crippen LogP contribution is 2.24. The lowest BCUT2D eigenvalue weighted by Gasteiger charge is -2.33. The molecule has 0 radical (unpaired) electrons. The first-order valence-corrected chi connectivity index (χ1v) is 9.49. The van der Waals surface area contributed by atoms with Crippen LogP contribution in [0.25, 0.3) is 0 Å². The lowest BCUT2D eigenvalue weighted by Crippen LogP contribution is -2.47. The summed E-state index contributed by atoms with van der Waals surface area (Å²) in [5.41, 5.74) is 2.49. The first kappa shape index (κ1) is 19.1. The summed E-state index contributed by atoms with van der Waals surface area (Å²) < 4.78 is 5.94. The number of ether oxygens (including phenoxy) is 1. The van der Waals surface area contributed by atoms with Crippen molar-refractivity contribution in [2.75, 3.05) is 53.0 Å². The van der Waals surface area contributed by atoms with Gasteiger partial charge in [0.1, 0.15) is 0 Å². The third kappa shape index (κ3) is 5.64. The maximum atomic E-state index is 10.3. The van der Waals surface area contributed by atoms with E-state index in [2.05, 4.69) is 65.4 Å². The fourth-order valence-corrected chi connectivity index (χ4v) is 3.46. The molecule has 1 aliphatic heterocycles. The van der Waals surface area contributed by atoms with Gasteiger partial charge in [-0.05, 0) is 18.2 Å². The summed E-state index contributed by atoms with van der Waals surface area (Å²) in [6, 6.07) is 20.9. The standard InChI is InChI=1S/C22H30N2O2/c1-23-12-14-24(15-13-23)16-21(25)17-26-18-22(19-8-4-2-5-9-19)20-10-6-3-7-11-20/h2-11,21-22,25H,12-18H2,1H3/t21-/m0/s1. The van der Waals surface area contributed by atoms with E-state index in [4.69, 9.17) is 4.74 Å². The molecule has 0 aliphatic carbocycles. The van der Waals surface area contributed by atoms with Crippen LogP contribution in [0.2, 0.25) is 0 Å². The molecule has 0 unspecified atom stereocenters. The highest BCUT2D eigenvalue weighted by molar-refractivity contribution is 5.32. The van der Waals surface area contributed by atoms with Gasteiger partial charge in [-0.3, -0.25) is 4.90 Å². The normalized spacial score (nSPS) is 17.5. The number of nitrogens with zero attached hydrogens (tertiary/aromatic N) is 2. The van der Waals surface area contributed by atoms with Gasteiger partial charge < -0.3 is 14.7 Å². The SMILES string of the molecule is CN1CCN(C[C@H](O)COCC(c2ccccc2)c2ccccc2)CC1. The van der Waals surface area contributed by atoms with Crippen LogP contribution in [0.4, 0.5) is 0 Å². The highest BCUT2D eigenvalue weighted by Gasteiger charge is 2.18. The second-order valence-corrected chi connectivity index (χ2v) is 7.17. The van der Waals surface area contributed by atoms with Crippen molar-refractivity contribution in [2.45, 2.75) is 12.0 Å². The van der Waals surface area contributed by atoms with Crippen LogP contribution < -0.4 is 0 Å². The minimum absolute atomic E-state index is 0.188. The molecule has 0 saturated carbocycles. The van der Waals surface area contributed by atoms with E-state index in [1.54, 1.807) is 0 Å². The van der Waals surface area contributed by atoms with Crippen LogP contribution in [0, 0.1) is 0 Å². The van der Waals surface area contributed by atoms with Crippen LogP contribution in [0.5, 0.6) is 0 Å². The molecule has 4 nitrogen and oxygen atoms in total. The Kier molecular flexibility index (Phi) is 7.21. The number of likely N-dealkylation sites (N-methyl/N-ethyl adjacent to an activating group) is 1. The number of benzene rings is 2. The lowest BCUT2D eigenvalue weighted by atomic mass is 9.92. The molecule has 4 heteroatoms. The number of aliphatic hydroxyl groups is 1. The van der Waals surface area contributed by atoms with Gasteiger partial charge in [-0.1, -0.05) is 60.7 Å². The number of rotatable bonds is 8. The molecule has 140 valence electrons. The van der Waals surface area contributed by atoms with Crippen molar-refractivity contribution in [2.24, 2.45) is 0 Å². The quantitative estimate of drug-likeness (QED) is 0.790. The molecule has 0 bridgehead atoms.